The van der Waals surface area contributed by atoms with Gasteiger partial charge in [0.15, 0.2) is 5.76 Å². The molecule has 1 aliphatic rings. The van der Waals surface area contributed by atoms with Crippen LogP contribution >= 0.6 is 0 Å². The molecule has 0 saturated carbocycles. The van der Waals surface area contributed by atoms with E-state index >= 15 is 0 Å². The summed E-state index contributed by atoms with van der Waals surface area (Å²) in [5.74, 6) is 1.24. The molecule has 7 heteroatoms. The lowest BCUT2D eigenvalue weighted by Gasteiger charge is -2.23. The first-order chi connectivity index (χ1) is 15.1. The number of carbonyl (C=O) groups excluding carboxylic acids is 1. The normalized spacial score (nSPS) is 16.1. The molecule has 1 fully saturated rings. The van der Waals surface area contributed by atoms with Crippen molar-refractivity contribution in [1.29, 1.82) is 0 Å². The van der Waals surface area contributed by atoms with Crippen molar-refractivity contribution in [3.05, 3.63) is 83.6 Å². The predicted octanol–water partition coefficient (Wildman–Crippen LogP) is 4.52. The van der Waals surface area contributed by atoms with E-state index in [1.165, 1.54) is 4.80 Å². The van der Waals surface area contributed by atoms with Gasteiger partial charge in [0.2, 0.25) is 5.89 Å². The van der Waals surface area contributed by atoms with Gasteiger partial charge in [-0.1, -0.05) is 35.9 Å². The number of amides is 1. The number of carbonyl (C=O) groups is 1. The Kier molecular flexibility index (Phi) is 4.86. The monoisotopic (exact) mass is 413 g/mol. The zero-order valence-corrected chi connectivity index (χ0v) is 17.5. The number of nitrogens with zero attached hydrogens (tertiary/aromatic N) is 5. The van der Waals surface area contributed by atoms with Crippen molar-refractivity contribution in [2.75, 3.05) is 6.54 Å². The minimum atomic E-state index is -0.191. The number of benzene rings is 2. The van der Waals surface area contributed by atoms with Crippen LogP contribution in [-0.2, 0) is 0 Å². The fourth-order valence-electron chi connectivity index (χ4n) is 4.17. The predicted molar refractivity (Wildman–Crippen MR) is 116 cm³/mol. The lowest BCUT2D eigenvalue weighted by atomic mass is 10.1. The zero-order valence-electron chi connectivity index (χ0n) is 17.5. The molecule has 2 aromatic heterocycles. The Morgan fingerprint density at radius 2 is 1.90 bits per heavy atom. The highest BCUT2D eigenvalue weighted by Crippen LogP contribution is 2.35. The molecule has 31 heavy (non-hydrogen) atoms. The smallest absolute Gasteiger partial charge is 0.256 e. The summed E-state index contributed by atoms with van der Waals surface area (Å²) < 4.78 is 6.14. The van der Waals surface area contributed by atoms with Crippen LogP contribution in [0.25, 0.3) is 17.0 Å². The number of rotatable bonds is 4. The van der Waals surface area contributed by atoms with E-state index in [9.17, 15) is 4.79 Å². The molecular weight excluding hydrogens is 390 g/mol. The molecule has 5 rings (SSSR count). The van der Waals surface area contributed by atoms with Crippen molar-refractivity contribution in [3.63, 3.8) is 0 Å². The fourth-order valence-corrected chi connectivity index (χ4v) is 4.17. The quantitative estimate of drug-likeness (QED) is 0.492. The van der Waals surface area contributed by atoms with E-state index in [1.54, 1.807) is 18.6 Å². The van der Waals surface area contributed by atoms with Crippen LogP contribution in [0.3, 0.4) is 0 Å². The Morgan fingerprint density at radius 1 is 1.10 bits per heavy atom. The van der Waals surface area contributed by atoms with Crippen molar-refractivity contribution >= 4 is 5.91 Å². The Bertz CT molecular complexity index is 1230. The van der Waals surface area contributed by atoms with Crippen molar-refractivity contribution < 1.29 is 9.21 Å². The first kappa shape index (κ1) is 19.2. The molecule has 1 amide bonds. The van der Waals surface area contributed by atoms with Crippen LogP contribution in [0.4, 0.5) is 0 Å². The average Bonchev–Trinajstić information content (AvgIpc) is 3.54. The Labute approximate surface area is 180 Å². The van der Waals surface area contributed by atoms with E-state index < -0.39 is 0 Å². The molecule has 1 saturated heterocycles. The number of aryl methyl sites for hydroxylation is 2. The Morgan fingerprint density at radius 3 is 2.71 bits per heavy atom. The van der Waals surface area contributed by atoms with Gasteiger partial charge in [-0.2, -0.15) is 15.0 Å². The summed E-state index contributed by atoms with van der Waals surface area (Å²) in [7, 11) is 0. The molecule has 1 unspecified atom stereocenters. The van der Waals surface area contributed by atoms with Crippen molar-refractivity contribution in [2.24, 2.45) is 0 Å². The summed E-state index contributed by atoms with van der Waals surface area (Å²) in [5.41, 5.74) is 4.39. The molecule has 1 atom stereocenters. The summed E-state index contributed by atoms with van der Waals surface area (Å²) >= 11 is 0. The maximum atomic E-state index is 13.6. The summed E-state index contributed by atoms with van der Waals surface area (Å²) in [4.78, 5) is 21.5. The van der Waals surface area contributed by atoms with Crippen molar-refractivity contribution in [2.45, 2.75) is 32.7 Å². The Balaban J connectivity index is 1.48. The van der Waals surface area contributed by atoms with Gasteiger partial charge in [-0.25, -0.2) is 4.98 Å². The average molecular weight is 413 g/mol. The molecule has 0 bridgehead atoms. The molecule has 1 aliphatic heterocycles. The summed E-state index contributed by atoms with van der Waals surface area (Å²) in [6.45, 7) is 4.68. The van der Waals surface area contributed by atoms with Crippen LogP contribution in [0.1, 0.15) is 46.3 Å². The highest BCUT2D eigenvalue weighted by Gasteiger charge is 2.35. The SMILES string of the molecule is Cc1ccc(-n2nccn2)c(C(=O)N2CCCC2c2ncc(-c3ccccc3C)o2)c1. The van der Waals surface area contributed by atoms with Gasteiger partial charge in [0.1, 0.15) is 6.04 Å². The summed E-state index contributed by atoms with van der Waals surface area (Å²) in [5, 5.41) is 8.42. The van der Waals surface area contributed by atoms with Gasteiger partial charge in [-0.3, -0.25) is 4.79 Å². The largest absolute Gasteiger partial charge is 0.438 e. The van der Waals surface area contributed by atoms with Gasteiger partial charge in [0.05, 0.1) is 29.8 Å². The highest BCUT2D eigenvalue weighted by atomic mass is 16.4. The molecular formula is C24H23N5O2. The standard InChI is InChI=1S/C24H23N5O2/c1-16-9-10-20(29-26-11-12-27-29)19(14-16)24(30)28-13-5-8-21(28)23-25-15-22(31-23)18-7-4-3-6-17(18)2/h3-4,6-7,9-12,14-15,21H,5,8,13H2,1-2H3. The summed E-state index contributed by atoms with van der Waals surface area (Å²) in [6.07, 6.45) is 6.68. The fraction of sp³-hybridized carbons (Fsp3) is 0.250. The maximum Gasteiger partial charge on any atom is 0.256 e. The number of likely N-dealkylation sites (tertiary alicyclic amines) is 1. The molecule has 3 heterocycles. The van der Waals surface area contributed by atoms with E-state index in [2.05, 4.69) is 15.2 Å². The molecule has 7 nitrogen and oxygen atoms in total. The van der Waals surface area contributed by atoms with Crippen molar-refractivity contribution in [3.8, 4) is 17.0 Å². The van der Waals surface area contributed by atoms with Gasteiger partial charge in [-0.15, -0.1) is 0 Å². The first-order valence-corrected chi connectivity index (χ1v) is 10.4. The topological polar surface area (TPSA) is 77.1 Å². The third-order valence-electron chi connectivity index (χ3n) is 5.75. The third-order valence-corrected chi connectivity index (χ3v) is 5.75. The lowest BCUT2D eigenvalue weighted by Crippen LogP contribution is -2.31. The van der Waals surface area contributed by atoms with Crippen LogP contribution in [0.15, 0.2) is 65.5 Å². The molecule has 0 radical (unpaired) electrons. The zero-order chi connectivity index (χ0) is 21.4. The lowest BCUT2D eigenvalue weighted by molar-refractivity contribution is 0.0715. The van der Waals surface area contributed by atoms with Gasteiger partial charge >= 0.3 is 0 Å². The number of hydrogen-bond donors (Lipinski definition) is 0. The second-order valence-electron chi connectivity index (χ2n) is 7.87. The molecule has 0 spiro atoms. The first-order valence-electron chi connectivity index (χ1n) is 10.4. The second kappa shape index (κ2) is 7.83. The molecule has 4 aromatic rings. The van der Waals surface area contributed by atoms with Gasteiger partial charge in [-0.05, 0) is 44.4 Å². The van der Waals surface area contributed by atoms with Crippen LogP contribution in [-0.4, -0.2) is 37.3 Å². The van der Waals surface area contributed by atoms with Gasteiger partial charge in [0, 0.05) is 12.1 Å². The maximum absolute atomic E-state index is 13.6. The van der Waals surface area contributed by atoms with E-state index in [4.69, 9.17) is 4.42 Å². The number of aromatic nitrogens is 4. The second-order valence-corrected chi connectivity index (χ2v) is 7.87. The number of hydrogen-bond acceptors (Lipinski definition) is 5. The molecule has 2 aromatic carbocycles. The summed E-state index contributed by atoms with van der Waals surface area (Å²) in [6, 6.07) is 13.6. The highest BCUT2D eigenvalue weighted by molar-refractivity contribution is 5.98. The number of oxazole rings is 1. The van der Waals surface area contributed by atoms with Crippen LogP contribution in [0.2, 0.25) is 0 Å². The molecule has 0 aliphatic carbocycles. The Hall–Kier alpha value is -3.74. The van der Waals surface area contributed by atoms with Crippen LogP contribution in [0, 0.1) is 13.8 Å². The van der Waals surface area contributed by atoms with Gasteiger partial charge in [0.25, 0.3) is 5.91 Å². The minimum absolute atomic E-state index is 0.0610. The van der Waals surface area contributed by atoms with E-state index in [0.717, 1.165) is 35.3 Å². The van der Waals surface area contributed by atoms with Crippen LogP contribution in [0.5, 0.6) is 0 Å². The van der Waals surface area contributed by atoms with Crippen molar-refractivity contribution in [1.82, 2.24) is 24.9 Å². The minimum Gasteiger partial charge on any atom is -0.438 e. The van der Waals surface area contributed by atoms with E-state index in [1.807, 2.05) is 61.2 Å². The van der Waals surface area contributed by atoms with E-state index in [0.29, 0.717) is 23.7 Å². The molecule has 156 valence electrons. The third kappa shape index (κ3) is 3.52. The van der Waals surface area contributed by atoms with E-state index in [-0.39, 0.29) is 11.9 Å². The van der Waals surface area contributed by atoms with Gasteiger partial charge < -0.3 is 9.32 Å². The van der Waals surface area contributed by atoms with Crippen LogP contribution < -0.4 is 0 Å². The molecule has 0 N–H and O–H groups in total.